The first kappa shape index (κ1) is 20.2. The lowest BCUT2D eigenvalue weighted by molar-refractivity contribution is -0.127. The van der Waals surface area contributed by atoms with Gasteiger partial charge in [0.1, 0.15) is 6.61 Å². The zero-order chi connectivity index (χ0) is 20.4. The molecule has 9 heteroatoms. The average molecular weight is 453 g/mol. The van der Waals surface area contributed by atoms with Crippen LogP contribution in [0.25, 0.3) is 10.2 Å². The molecule has 2 heterocycles. The molecule has 29 heavy (non-hydrogen) atoms. The second-order valence-corrected chi connectivity index (χ2v) is 8.13. The average Bonchev–Trinajstić information content (AvgIpc) is 3.04. The van der Waals surface area contributed by atoms with E-state index in [1.165, 1.54) is 11.3 Å². The van der Waals surface area contributed by atoms with E-state index in [2.05, 4.69) is 4.99 Å². The summed E-state index contributed by atoms with van der Waals surface area (Å²) in [6.07, 6.45) is -0.811. The monoisotopic (exact) mass is 452 g/mol. The number of fused-ring (bicyclic) bond motifs is 2. The Balaban J connectivity index is 1.70. The number of carbonyl (C=O) groups excluding carboxylic acids is 1. The topological polar surface area (TPSA) is 62.1 Å². The molecule has 0 radical (unpaired) electrons. The maximum Gasteiger partial charge on any atom is 0.292 e. The number of benzene rings is 2. The van der Waals surface area contributed by atoms with Gasteiger partial charge in [0, 0.05) is 18.2 Å². The van der Waals surface area contributed by atoms with Crippen LogP contribution in [0.3, 0.4) is 0 Å². The third-order valence-corrected chi connectivity index (χ3v) is 5.88. The predicted octanol–water partition coefficient (Wildman–Crippen LogP) is 4.31. The van der Waals surface area contributed by atoms with Gasteiger partial charge in [0.05, 0.1) is 21.8 Å². The Kier molecular flexibility index (Phi) is 6.10. The van der Waals surface area contributed by atoms with Crippen molar-refractivity contribution >= 4 is 50.7 Å². The van der Waals surface area contributed by atoms with Crippen molar-refractivity contribution in [3.8, 4) is 11.5 Å². The Hall–Kier alpha value is -2.06. The third kappa shape index (κ3) is 4.28. The molecule has 0 bridgehead atoms. The Morgan fingerprint density at radius 2 is 2.10 bits per heavy atom. The van der Waals surface area contributed by atoms with E-state index in [4.69, 9.17) is 37.4 Å². The number of ether oxygens (including phenoxy) is 3. The fraction of sp³-hybridized carbons (Fsp3) is 0.300. The smallest absolute Gasteiger partial charge is 0.292 e. The van der Waals surface area contributed by atoms with Gasteiger partial charge in [-0.15, -0.1) is 0 Å². The van der Waals surface area contributed by atoms with E-state index in [1.807, 2.05) is 29.7 Å². The van der Waals surface area contributed by atoms with Crippen molar-refractivity contribution in [2.24, 2.45) is 4.99 Å². The van der Waals surface area contributed by atoms with Crippen molar-refractivity contribution in [3.63, 3.8) is 0 Å². The SMILES string of the molecule is CCOCCn1c(=NC(=O)C2COc3ccccc3O2)sc2cc(Cl)cc(Cl)c21. The van der Waals surface area contributed by atoms with Gasteiger partial charge in [-0.25, -0.2) is 0 Å². The summed E-state index contributed by atoms with van der Waals surface area (Å²) in [5.41, 5.74) is 0.776. The summed E-state index contributed by atoms with van der Waals surface area (Å²) in [5.74, 6) is 0.729. The van der Waals surface area contributed by atoms with Gasteiger partial charge in [-0.1, -0.05) is 46.7 Å². The van der Waals surface area contributed by atoms with Crippen LogP contribution in [0.5, 0.6) is 11.5 Å². The molecule has 0 saturated heterocycles. The number of halogens is 2. The van der Waals surface area contributed by atoms with Crippen molar-refractivity contribution in [2.75, 3.05) is 19.8 Å². The van der Waals surface area contributed by atoms with Gasteiger partial charge in [0.2, 0.25) is 6.10 Å². The number of hydrogen-bond acceptors (Lipinski definition) is 5. The van der Waals surface area contributed by atoms with Gasteiger partial charge in [-0.3, -0.25) is 4.79 Å². The Bertz CT molecular complexity index is 1130. The molecule has 0 saturated carbocycles. The summed E-state index contributed by atoms with van der Waals surface area (Å²) >= 11 is 13.9. The molecule has 6 nitrogen and oxygen atoms in total. The van der Waals surface area contributed by atoms with E-state index in [-0.39, 0.29) is 6.61 Å². The van der Waals surface area contributed by atoms with E-state index >= 15 is 0 Å². The fourth-order valence-electron chi connectivity index (χ4n) is 3.03. The van der Waals surface area contributed by atoms with Gasteiger partial charge >= 0.3 is 0 Å². The van der Waals surface area contributed by atoms with Crippen LogP contribution in [0, 0.1) is 0 Å². The highest BCUT2D eigenvalue weighted by atomic mass is 35.5. The molecule has 1 aliphatic heterocycles. The van der Waals surface area contributed by atoms with E-state index in [0.717, 1.165) is 10.2 Å². The molecule has 1 unspecified atom stereocenters. The molecule has 1 atom stereocenters. The standard InChI is InChI=1S/C20H18Cl2N2O4S/c1-2-26-8-7-24-18-13(22)9-12(21)10-17(18)29-20(24)23-19(25)16-11-27-14-5-3-4-6-15(14)28-16/h3-6,9-10,16H,2,7-8,11H2,1H3. The van der Waals surface area contributed by atoms with Crippen LogP contribution in [0.1, 0.15) is 6.92 Å². The maximum atomic E-state index is 12.8. The van der Waals surface area contributed by atoms with Gasteiger partial charge in [0.15, 0.2) is 16.3 Å². The molecule has 0 fully saturated rings. The van der Waals surface area contributed by atoms with Crippen LogP contribution in [0.15, 0.2) is 41.4 Å². The van der Waals surface area contributed by atoms with Crippen molar-refractivity contribution in [3.05, 3.63) is 51.2 Å². The highest BCUT2D eigenvalue weighted by molar-refractivity contribution is 7.16. The lowest BCUT2D eigenvalue weighted by Gasteiger charge is -2.23. The summed E-state index contributed by atoms with van der Waals surface area (Å²) in [6, 6.07) is 10.7. The van der Waals surface area contributed by atoms with Crippen LogP contribution in [-0.4, -0.2) is 36.4 Å². The van der Waals surface area contributed by atoms with Crippen molar-refractivity contribution in [1.29, 1.82) is 0 Å². The minimum atomic E-state index is -0.811. The zero-order valence-corrected chi connectivity index (χ0v) is 17.9. The molecule has 3 aromatic rings. The molecule has 4 rings (SSSR count). The molecule has 1 aromatic heterocycles. The quantitative estimate of drug-likeness (QED) is 0.540. The molecule has 2 aromatic carbocycles. The lowest BCUT2D eigenvalue weighted by Crippen LogP contribution is -2.37. The van der Waals surface area contributed by atoms with Gasteiger partial charge in [-0.05, 0) is 31.2 Å². The highest BCUT2D eigenvalue weighted by Crippen LogP contribution is 2.32. The first-order valence-electron chi connectivity index (χ1n) is 9.10. The highest BCUT2D eigenvalue weighted by Gasteiger charge is 2.27. The van der Waals surface area contributed by atoms with Crippen LogP contribution in [0.2, 0.25) is 10.0 Å². The first-order valence-corrected chi connectivity index (χ1v) is 10.7. The molecule has 0 N–H and O–H groups in total. The maximum absolute atomic E-state index is 12.8. The Labute approximate surface area is 181 Å². The Morgan fingerprint density at radius 1 is 1.31 bits per heavy atom. The molecule has 0 aliphatic carbocycles. The lowest BCUT2D eigenvalue weighted by atomic mass is 10.2. The fourth-order valence-corrected chi connectivity index (χ4v) is 4.87. The molecule has 152 valence electrons. The first-order chi connectivity index (χ1) is 14.1. The molecular formula is C20H18Cl2N2O4S. The second-order valence-electron chi connectivity index (χ2n) is 6.28. The number of carbonyl (C=O) groups is 1. The largest absolute Gasteiger partial charge is 0.485 e. The van der Waals surface area contributed by atoms with Crippen LogP contribution < -0.4 is 14.3 Å². The molecular weight excluding hydrogens is 435 g/mol. The number of hydrogen-bond donors (Lipinski definition) is 0. The molecule has 1 amide bonds. The normalized spacial score (nSPS) is 16.4. The number of aromatic nitrogens is 1. The van der Waals surface area contributed by atoms with Crippen molar-refractivity contribution in [1.82, 2.24) is 4.57 Å². The third-order valence-electron chi connectivity index (χ3n) is 4.35. The van der Waals surface area contributed by atoms with Gasteiger partial charge in [-0.2, -0.15) is 4.99 Å². The summed E-state index contributed by atoms with van der Waals surface area (Å²) in [4.78, 5) is 17.7. The zero-order valence-electron chi connectivity index (χ0n) is 15.6. The van der Waals surface area contributed by atoms with E-state index in [0.29, 0.717) is 46.1 Å². The Morgan fingerprint density at radius 3 is 2.90 bits per heavy atom. The second kappa shape index (κ2) is 8.75. The van der Waals surface area contributed by atoms with E-state index < -0.39 is 12.0 Å². The summed E-state index contributed by atoms with van der Waals surface area (Å²) in [5, 5.41) is 1.03. The molecule has 1 aliphatic rings. The number of thiazole rings is 1. The van der Waals surface area contributed by atoms with Crippen LogP contribution in [-0.2, 0) is 16.1 Å². The van der Waals surface area contributed by atoms with Crippen molar-refractivity contribution < 1.29 is 19.0 Å². The van der Waals surface area contributed by atoms with Crippen LogP contribution >= 0.6 is 34.5 Å². The molecule has 0 spiro atoms. The van der Waals surface area contributed by atoms with Gasteiger partial charge in [0.25, 0.3) is 5.91 Å². The predicted molar refractivity (Wildman–Crippen MR) is 113 cm³/mol. The number of amides is 1. The minimum Gasteiger partial charge on any atom is -0.485 e. The van der Waals surface area contributed by atoms with Crippen molar-refractivity contribution in [2.45, 2.75) is 19.6 Å². The summed E-state index contributed by atoms with van der Waals surface area (Å²) in [7, 11) is 0. The van der Waals surface area contributed by atoms with Gasteiger partial charge < -0.3 is 18.8 Å². The minimum absolute atomic E-state index is 0.107. The number of nitrogens with zero attached hydrogens (tertiary/aromatic N) is 2. The van der Waals surface area contributed by atoms with E-state index in [1.54, 1.807) is 18.2 Å². The van der Waals surface area contributed by atoms with E-state index in [9.17, 15) is 4.79 Å². The number of para-hydroxylation sites is 2. The number of rotatable bonds is 5. The summed E-state index contributed by atoms with van der Waals surface area (Å²) < 4.78 is 19.6. The summed E-state index contributed by atoms with van der Waals surface area (Å²) in [6.45, 7) is 3.61. The van der Waals surface area contributed by atoms with Crippen LogP contribution in [0.4, 0.5) is 0 Å².